The molecular formula is C51H31N5O. The van der Waals surface area contributed by atoms with E-state index < -0.39 is 30.2 Å². The Kier molecular flexibility index (Phi) is 5.82. The molecule has 0 amide bonds. The van der Waals surface area contributed by atoms with Crippen LogP contribution in [0, 0.1) is 0 Å². The SMILES string of the molecule is [2H]c1c([2H])c([2H])c(-c2nc(-c3cccc4oc5ccc(-n6c7ccccc7c7ccc(-c8ccccc8)cc76)cc5c34)nc(-n3c4ccccc4c4ccccc43)n2)c([2H])c1[2H]. The molecule has 6 heteroatoms. The molecule has 0 bridgehead atoms. The highest BCUT2D eigenvalue weighted by Crippen LogP contribution is 2.40. The van der Waals surface area contributed by atoms with Gasteiger partial charge in [-0.15, -0.1) is 0 Å². The van der Waals surface area contributed by atoms with Crippen molar-refractivity contribution >= 4 is 65.6 Å². The number of nitrogens with zero attached hydrogens (tertiary/aromatic N) is 5. The summed E-state index contributed by atoms with van der Waals surface area (Å²) in [5.41, 5.74) is 8.80. The standard InChI is InChI=1S/C51H31N5O/c1-3-14-32(15-4-1)34-26-28-39-38-20-7-10-22-42(38)55(45(39)30-34)35-27-29-46-41(31-35)48-40(21-13-25-47(48)57-46)50-52-49(33-16-5-2-6-17-33)53-51(54-50)56-43-23-11-8-18-36(43)37-19-9-12-24-44(37)56/h1-31H/i2D,5D,6D,16D,17D. The van der Waals surface area contributed by atoms with Crippen molar-refractivity contribution in [2.24, 2.45) is 0 Å². The van der Waals surface area contributed by atoms with Gasteiger partial charge < -0.3 is 8.98 Å². The molecular weight excluding hydrogens is 699 g/mol. The van der Waals surface area contributed by atoms with Crippen molar-refractivity contribution in [1.82, 2.24) is 24.1 Å². The van der Waals surface area contributed by atoms with Crippen LogP contribution < -0.4 is 0 Å². The van der Waals surface area contributed by atoms with Crippen LogP contribution in [0.3, 0.4) is 0 Å². The van der Waals surface area contributed by atoms with Gasteiger partial charge in [-0.05, 0) is 59.7 Å². The molecule has 12 rings (SSSR count). The molecule has 0 fully saturated rings. The van der Waals surface area contributed by atoms with Crippen LogP contribution in [0.5, 0.6) is 0 Å². The summed E-state index contributed by atoms with van der Waals surface area (Å²) in [6, 6.07) is 51.0. The number of hydrogen-bond donors (Lipinski definition) is 0. The van der Waals surface area contributed by atoms with Gasteiger partial charge in [0.05, 0.1) is 28.9 Å². The van der Waals surface area contributed by atoms with E-state index in [1.807, 2.05) is 83.4 Å². The Morgan fingerprint density at radius 3 is 1.81 bits per heavy atom. The molecule has 266 valence electrons. The quantitative estimate of drug-likeness (QED) is 0.177. The van der Waals surface area contributed by atoms with Crippen LogP contribution in [0.4, 0.5) is 0 Å². The summed E-state index contributed by atoms with van der Waals surface area (Å²) in [6.07, 6.45) is 0. The predicted octanol–water partition coefficient (Wildman–Crippen LogP) is 13.0. The second kappa shape index (κ2) is 12.3. The summed E-state index contributed by atoms with van der Waals surface area (Å²) in [6.45, 7) is 0. The summed E-state index contributed by atoms with van der Waals surface area (Å²) in [4.78, 5) is 15.0. The van der Waals surface area contributed by atoms with Gasteiger partial charge in [-0.2, -0.15) is 9.97 Å². The highest BCUT2D eigenvalue weighted by molar-refractivity contribution is 6.14. The van der Waals surface area contributed by atoms with E-state index in [1.165, 1.54) is 0 Å². The Labute approximate surface area is 333 Å². The number of hydrogen-bond acceptors (Lipinski definition) is 4. The topological polar surface area (TPSA) is 61.7 Å². The number of rotatable bonds is 5. The number of benzene rings is 8. The summed E-state index contributed by atoms with van der Waals surface area (Å²) in [5.74, 6) is 0.440. The number of furan rings is 1. The molecule has 0 atom stereocenters. The van der Waals surface area contributed by atoms with Gasteiger partial charge in [0.15, 0.2) is 11.6 Å². The van der Waals surface area contributed by atoms with Crippen molar-refractivity contribution in [3.05, 3.63) is 188 Å². The lowest BCUT2D eigenvalue weighted by molar-refractivity contribution is 0.669. The van der Waals surface area contributed by atoms with Crippen LogP contribution in [0.2, 0.25) is 0 Å². The molecule has 0 N–H and O–H groups in total. The maximum atomic E-state index is 8.94. The third kappa shape index (κ3) is 4.87. The third-order valence-electron chi connectivity index (χ3n) is 10.9. The largest absolute Gasteiger partial charge is 0.456 e. The molecule has 4 aromatic heterocycles. The first-order valence-electron chi connectivity index (χ1n) is 21.2. The molecule has 0 unspecified atom stereocenters. The Bertz CT molecular complexity index is 3750. The second-order valence-corrected chi connectivity index (χ2v) is 14.1. The van der Waals surface area contributed by atoms with Crippen LogP contribution in [0.25, 0.3) is 111 Å². The van der Waals surface area contributed by atoms with E-state index in [1.54, 1.807) is 0 Å². The molecule has 57 heavy (non-hydrogen) atoms. The highest BCUT2D eigenvalue weighted by Gasteiger charge is 2.21. The monoisotopic (exact) mass is 734 g/mol. The predicted molar refractivity (Wildman–Crippen MR) is 232 cm³/mol. The van der Waals surface area contributed by atoms with Crippen LogP contribution in [0.1, 0.15) is 6.85 Å². The van der Waals surface area contributed by atoms with Gasteiger partial charge in [-0.1, -0.05) is 139 Å². The van der Waals surface area contributed by atoms with Crippen LogP contribution in [0.15, 0.2) is 192 Å². The van der Waals surface area contributed by atoms with Gasteiger partial charge in [-0.3, -0.25) is 4.57 Å². The fraction of sp³-hybridized carbons (Fsp3) is 0. The van der Waals surface area contributed by atoms with Gasteiger partial charge in [0.25, 0.3) is 0 Å². The minimum atomic E-state index is -0.495. The van der Waals surface area contributed by atoms with E-state index in [9.17, 15) is 0 Å². The third-order valence-corrected chi connectivity index (χ3v) is 10.9. The molecule has 0 aliphatic rings. The van der Waals surface area contributed by atoms with Gasteiger partial charge in [0.1, 0.15) is 11.2 Å². The minimum absolute atomic E-state index is 0.0474. The lowest BCUT2D eigenvalue weighted by Crippen LogP contribution is -2.06. The zero-order chi connectivity index (χ0) is 41.8. The highest BCUT2D eigenvalue weighted by atomic mass is 16.3. The van der Waals surface area contributed by atoms with Crippen molar-refractivity contribution in [2.75, 3.05) is 0 Å². The van der Waals surface area contributed by atoms with E-state index >= 15 is 0 Å². The second-order valence-electron chi connectivity index (χ2n) is 14.1. The van der Waals surface area contributed by atoms with Crippen LogP contribution >= 0.6 is 0 Å². The fourth-order valence-corrected chi connectivity index (χ4v) is 8.40. The smallest absolute Gasteiger partial charge is 0.238 e. The number of fused-ring (bicyclic) bond motifs is 9. The molecule has 0 aliphatic carbocycles. The normalized spacial score (nSPS) is 13.1. The molecule has 4 heterocycles. The minimum Gasteiger partial charge on any atom is -0.456 e. The Morgan fingerprint density at radius 1 is 0.421 bits per heavy atom. The van der Waals surface area contributed by atoms with Gasteiger partial charge in [0.2, 0.25) is 5.95 Å². The first kappa shape index (κ1) is 26.9. The van der Waals surface area contributed by atoms with E-state index in [4.69, 9.17) is 26.2 Å². The summed E-state index contributed by atoms with van der Waals surface area (Å²) in [5, 5.41) is 5.86. The summed E-state index contributed by atoms with van der Waals surface area (Å²) in [7, 11) is 0. The molecule has 0 radical (unpaired) electrons. The maximum Gasteiger partial charge on any atom is 0.238 e. The lowest BCUT2D eigenvalue weighted by Gasteiger charge is -2.12. The average molecular weight is 735 g/mol. The zero-order valence-corrected chi connectivity index (χ0v) is 30.2. The van der Waals surface area contributed by atoms with Crippen molar-refractivity contribution in [3.63, 3.8) is 0 Å². The molecule has 8 aromatic carbocycles. The van der Waals surface area contributed by atoms with Crippen molar-refractivity contribution in [1.29, 1.82) is 0 Å². The zero-order valence-electron chi connectivity index (χ0n) is 35.2. The number of aromatic nitrogens is 5. The number of para-hydroxylation sites is 3. The molecule has 0 spiro atoms. The van der Waals surface area contributed by atoms with Crippen LogP contribution in [-0.4, -0.2) is 24.1 Å². The maximum absolute atomic E-state index is 8.94. The Hall–Kier alpha value is -7.83. The van der Waals surface area contributed by atoms with Gasteiger partial charge >= 0.3 is 0 Å². The fourth-order valence-electron chi connectivity index (χ4n) is 8.40. The van der Waals surface area contributed by atoms with Crippen molar-refractivity contribution in [2.45, 2.75) is 0 Å². The molecule has 0 saturated carbocycles. The van der Waals surface area contributed by atoms with E-state index in [0.717, 1.165) is 71.2 Å². The van der Waals surface area contributed by atoms with Gasteiger partial charge in [0, 0.05) is 49.1 Å². The van der Waals surface area contributed by atoms with E-state index in [2.05, 4.69) is 83.4 Å². The van der Waals surface area contributed by atoms with Crippen LogP contribution in [-0.2, 0) is 0 Å². The van der Waals surface area contributed by atoms with Gasteiger partial charge in [-0.25, -0.2) is 4.98 Å². The summed E-state index contributed by atoms with van der Waals surface area (Å²) >= 11 is 0. The summed E-state index contributed by atoms with van der Waals surface area (Å²) < 4.78 is 54.0. The van der Waals surface area contributed by atoms with E-state index in [0.29, 0.717) is 16.7 Å². The van der Waals surface area contributed by atoms with E-state index in [-0.39, 0.29) is 23.2 Å². The molecule has 12 aromatic rings. The lowest BCUT2D eigenvalue weighted by atomic mass is 10.0. The molecule has 6 nitrogen and oxygen atoms in total. The Balaban J connectivity index is 1.14. The van der Waals surface area contributed by atoms with Crippen molar-refractivity contribution < 1.29 is 11.3 Å². The molecule has 0 aliphatic heterocycles. The Morgan fingerprint density at radius 2 is 1.07 bits per heavy atom. The molecule has 0 saturated heterocycles. The average Bonchev–Trinajstić information content (AvgIpc) is 3.98. The first-order valence-corrected chi connectivity index (χ1v) is 18.7. The van der Waals surface area contributed by atoms with Crippen molar-refractivity contribution in [3.8, 4) is 45.5 Å². The first-order chi connectivity index (χ1) is 30.3.